The summed E-state index contributed by atoms with van der Waals surface area (Å²) >= 11 is 1.64. The molecule has 2 aliphatic heterocycles. The van der Waals surface area contributed by atoms with Gasteiger partial charge in [0.05, 0.1) is 27.8 Å². The van der Waals surface area contributed by atoms with Crippen LogP contribution in [0.2, 0.25) is 0 Å². The molecule has 0 amide bonds. The van der Waals surface area contributed by atoms with E-state index in [9.17, 15) is 0 Å². The lowest BCUT2D eigenvalue weighted by atomic mass is 10.2. The van der Waals surface area contributed by atoms with E-state index in [0.29, 0.717) is 0 Å². The molecule has 62 valence electrons. The van der Waals surface area contributed by atoms with Crippen LogP contribution < -0.4 is 0 Å². The quantitative estimate of drug-likeness (QED) is 0.539. The van der Waals surface area contributed by atoms with Crippen LogP contribution in [0.5, 0.6) is 0 Å². The number of hydrogen-bond donors (Lipinski definition) is 0. The zero-order valence-corrected chi connectivity index (χ0v) is 7.58. The van der Waals surface area contributed by atoms with E-state index in [4.69, 9.17) is 0 Å². The number of nitrogens with zero attached hydrogens (tertiary/aromatic N) is 2. The van der Waals surface area contributed by atoms with E-state index >= 15 is 0 Å². The van der Waals surface area contributed by atoms with Gasteiger partial charge in [-0.2, -0.15) is 0 Å². The highest BCUT2D eigenvalue weighted by molar-refractivity contribution is 7.13. The van der Waals surface area contributed by atoms with Crippen LogP contribution in [0.4, 0.5) is 0 Å². The van der Waals surface area contributed by atoms with Crippen molar-refractivity contribution in [3.05, 3.63) is 36.0 Å². The Balaban J connectivity index is 2.56. The van der Waals surface area contributed by atoms with Gasteiger partial charge >= 0.3 is 0 Å². The molecule has 1 aromatic carbocycles. The van der Waals surface area contributed by atoms with Gasteiger partial charge in [-0.3, -0.25) is 4.98 Å². The van der Waals surface area contributed by atoms with Crippen LogP contribution in [0.25, 0.3) is 21.5 Å². The van der Waals surface area contributed by atoms with Crippen molar-refractivity contribution in [1.29, 1.82) is 0 Å². The van der Waals surface area contributed by atoms with Crippen LogP contribution in [0, 0.1) is 0 Å². The lowest BCUT2D eigenvalue weighted by Gasteiger charge is -1.91. The summed E-state index contributed by atoms with van der Waals surface area (Å²) < 4.78 is 0. The molecule has 0 unspecified atom stereocenters. The largest absolute Gasteiger partial charge is 0.252 e. The summed E-state index contributed by atoms with van der Waals surface area (Å²) in [5.41, 5.74) is 3.90. The third-order valence-electron chi connectivity index (χ3n) is 2.05. The standard InChI is InChI=1S/C10H6N2S/c1-2-4-8-7(3-1)10-9(12-8)5-11-6-13-10/h1-6H. The highest BCUT2D eigenvalue weighted by atomic mass is 32.1. The Morgan fingerprint density at radius 1 is 1.15 bits per heavy atom. The maximum absolute atomic E-state index is 4.46. The Hall–Kier alpha value is -1.48. The molecule has 2 nitrogen and oxygen atoms in total. The van der Waals surface area contributed by atoms with Crippen molar-refractivity contribution in [3.63, 3.8) is 0 Å². The van der Waals surface area contributed by atoms with E-state index < -0.39 is 0 Å². The van der Waals surface area contributed by atoms with Crippen molar-refractivity contribution in [3.8, 4) is 10.6 Å². The highest BCUT2D eigenvalue weighted by Gasteiger charge is 2.10. The summed E-state index contributed by atoms with van der Waals surface area (Å²) in [6.45, 7) is 0. The number of rotatable bonds is 0. The topological polar surface area (TPSA) is 25.8 Å². The molecule has 2 aliphatic rings. The Bertz CT molecular complexity index is 529. The van der Waals surface area contributed by atoms with E-state index in [1.54, 1.807) is 11.3 Å². The minimum Gasteiger partial charge on any atom is -0.252 e. The molecule has 2 heterocycles. The second-order valence-electron chi connectivity index (χ2n) is 2.84. The number of aromatic nitrogens is 2. The molecule has 0 spiro atoms. The van der Waals surface area contributed by atoms with Gasteiger partial charge in [0.1, 0.15) is 0 Å². The fourth-order valence-electron chi connectivity index (χ4n) is 1.48. The number of para-hydroxylation sites is 1. The normalized spacial score (nSPS) is 11.1. The average molecular weight is 186 g/mol. The highest BCUT2D eigenvalue weighted by Crippen LogP contribution is 2.32. The minimum absolute atomic E-state index is 0.994. The second kappa shape index (κ2) is 2.50. The van der Waals surface area contributed by atoms with Crippen LogP contribution in [-0.2, 0) is 0 Å². The van der Waals surface area contributed by atoms with E-state index in [0.717, 1.165) is 11.2 Å². The van der Waals surface area contributed by atoms with Gasteiger partial charge < -0.3 is 0 Å². The van der Waals surface area contributed by atoms with Gasteiger partial charge in [0.15, 0.2) is 0 Å². The number of hydrogen-bond acceptors (Lipinski definition) is 3. The first kappa shape index (κ1) is 6.97. The van der Waals surface area contributed by atoms with Crippen LogP contribution >= 0.6 is 11.3 Å². The van der Waals surface area contributed by atoms with Gasteiger partial charge in [-0.1, -0.05) is 18.2 Å². The van der Waals surface area contributed by atoms with Gasteiger partial charge in [0.25, 0.3) is 0 Å². The minimum atomic E-state index is 0.994. The third-order valence-corrected chi connectivity index (χ3v) is 2.94. The molecule has 0 atom stereocenters. The molecule has 3 rings (SSSR count). The zero-order valence-electron chi connectivity index (χ0n) is 6.77. The Kier molecular flexibility index (Phi) is 1.34. The van der Waals surface area contributed by atoms with Gasteiger partial charge in [-0.15, -0.1) is 11.3 Å². The molecular weight excluding hydrogens is 180 g/mol. The van der Waals surface area contributed by atoms with E-state index in [-0.39, 0.29) is 0 Å². The fourth-order valence-corrected chi connectivity index (χ4v) is 2.22. The van der Waals surface area contributed by atoms with Crippen LogP contribution in [0.3, 0.4) is 0 Å². The molecule has 3 heteroatoms. The first-order valence-corrected chi connectivity index (χ1v) is 4.90. The Labute approximate surface area is 79.2 Å². The summed E-state index contributed by atoms with van der Waals surface area (Å²) in [6.07, 6.45) is 1.81. The molecule has 0 aliphatic carbocycles. The van der Waals surface area contributed by atoms with Gasteiger partial charge in [-0.05, 0) is 6.07 Å². The van der Waals surface area contributed by atoms with Crippen molar-refractivity contribution in [2.24, 2.45) is 0 Å². The predicted molar refractivity (Wildman–Crippen MR) is 54.0 cm³/mol. The Morgan fingerprint density at radius 2 is 2.08 bits per heavy atom. The maximum atomic E-state index is 4.46. The van der Waals surface area contributed by atoms with Crippen molar-refractivity contribution in [1.82, 2.24) is 9.97 Å². The van der Waals surface area contributed by atoms with Gasteiger partial charge in [0.2, 0.25) is 0 Å². The molecule has 13 heavy (non-hydrogen) atoms. The molecule has 0 saturated carbocycles. The van der Waals surface area contributed by atoms with Crippen molar-refractivity contribution < 1.29 is 0 Å². The molecular formula is C10H6N2S. The summed E-state index contributed by atoms with van der Waals surface area (Å²) in [5.74, 6) is 0. The smallest absolute Gasteiger partial charge is 0.0999 e. The number of benzene rings is 1. The van der Waals surface area contributed by atoms with Gasteiger partial charge in [0, 0.05) is 5.39 Å². The maximum Gasteiger partial charge on any atom is 0.0999 e. The molecule has 0 radical (unpaired) electrons. The Morgan fingerprint density at radius 3 is 3.08 bits per heavy atom. The molecule has 0 aromatic heterocycles. The van der Waals surface area contributed by atoms with Crippen LogP contribution in [-0.4, -0.2) is 9.97 Å². The van der Waals surface area contributed by atoms with Crippen molar-refractivity contribution in [2.45, 2.75) is 0 Å². The lowest BCUT2D eigenvalue weighted by Crippen LogP contribution is -1.73. The molecule has 0 bridgehead atoms. The zero-order chi connectivity index (χ0) is 8.67. The van der Waals surface area contributed by atoms with Gasteiger partial charge in [-0.25, -0.2) is 4.98 Å². The second-order valence-corrected chi connectivity index (χ2v) is 3.70. The van der Waals surface area contributed by atoms with Crippen molar-refractivity contribution in [2.75, 3.05) is 0 Å². The summed E-state index contributed by atoms with van der Waals surface area (Å²) in [6, 6.07) is 8.17. The molecule has 0 saturated heterocycles. The first-order valence-electron chi connectivity index (χ1n) is 4.02. The van der Waals surface area contributed by atoms with Crippen molar-refractivity contribution >= 4 is 22.2 Å². The van der Waals surface area contributed by atoms with Crippen LogP contribution in [0.1, 0.15) is 0 Å². The van der Waals surface area contributed by atoms with Crippen LogP contribution in [0.15, 0.2) is 36.0 Å². The summed E-state index contributed by atoms with van der Waals surface area (Å²) in [5, 5.41) is 1.23. The third kappa shape index (κ3) is 0.939. The molecule has 0 N–H and O–H groups in total. The fraction of sp³-hybridized carbons (Fsp3) is 0. The SMILES string of the molecule is c1ccc2c3scncc-3nc2c1. The lowest BCUT2D eigenvalue weighted by molar-refractivity contribution is 1.34. The summed E-state index contributed by atoms with van der Waals surface area (Å²) in [4.78, 5) is 9.75. The monoisotopic (exact) mass is 186 g/mol. The average Bonchev–Trinajstić information content (AvgIpc) is 2.56. The molecule has 0 fully saturated rings. The predicted octanol–water partition coefficient (Wildman–Crippen LogP) is 2.80. The summed E-state index contributed by atoms with van der Waals surface area (Å²) in [7, 11) is 0. The van der Waals surface area contributed by atoms with E-state index in [1.165, 1.54) is 10.3 Å². The molecule has 1 aromatic rings. The number of fused-ring (bicyclic) bond motifs is 3. The first-order chi connectivity index (χ1) is 6.45. The van der Waals surface area contributed by atoms with E-state index in [1.807, 2.05) is 29.9 Å². The van der Waals surface area contributed by atoms with E-state index in [2.05, 4.69) is 16.0 Å².